The van der Waals surface area contributed by atoms with Crippen LogP contribution in [0.4, 0.5) is 0 Å². The number of carbonyl (C=O) groups is 1. The van der Waals surface area contributed by atoms with Gasteiger partial charge in [-0.1, -0.05) is 58.4 Å². The summed E-state index contributed by atoms with van der Waals surface area (Å²) in [6, 6.07) is 25.4. The summed E-state index contributed by atoms with van der Waals surface area (Å²) in [7, 11) is 0. The number of nitrogens with one attached hydrogen (secondary N) is 1. The number of halogens is 1. The third-order valence-electron chi connectivity index (χ3n) is 5.81. The summed E-state index contributed by atoms with van der Waals surface area (Å²) >= 11 is 3.45. The van der Waals surface area contributed by atoms with E-state index in [0.717, 1.165) is 27.6 Å². The average Bonchev–Trinajstić information content (AvgIpc) is 3.31. The normalized spacial score (nSPS) is 16.9. The highest BCUT2D eigenvalue weighted by Gasteiger charge is 2.44. The maximum atomic E-state index is 13.4. The van der Waals surface area contributed by atoms with Gasteiger partial charge in [-0.2, -0.15) is 0 Å². The van der Waals surface area contributed by atoms with Gasteiger partial charge in [0.15, 0.2) is 5.54 Å². The predicted molar refractivity (Wildman–Crippen MR) is 140 cm³/mol. The molecule has 1 aliphatic rings. The Balaban J connectivity index is 1.49. The molecule has 1 aliphatic heterocycles. The molecule has 1 amide bonds. The summed E-state index contributed by atoms with van der Waals surface area (Å²) in [6.07, 6.45) is 1.76. The second kappa shape index (κ2) is 12.0. The van der Waals surface area contributed by atoms with Gasteiger partial charge in [0.25, 0.3) is 5.91 Å². The number of aliphatic hydroxyl groups excluding tert-OH is 1. The van der Waals surface area contributed by atoms with Gasteiger partial charge in [0.2, 0.25) is 5.90 Å². The average molecular weight is 537 g/mol. The Bertz CT molecular complexity index is 1130. The monoisotopic (exact) mass is 536 g/mol. The lowest BCUT2D eigenvalue weighted by Crippen LogP contribution is -2.48. The Labute approximate surface area is 214 Å². The largest absolute Gasteiger partial charge is 0.494 e. The van der Waals surface area contributed by atoms with Crippen molar-refractivity contribution in [1.29, 1.82) is 0 Å². The molecule has 0 aromatic heterocycles. The molecule has 6 nitrogen and oxygen atoms in total. The van der Waals surface area contributed by atoms with E-state index in [1.54, 1.807) is 0 Å². The molecule has 3 aromatic rings. The number of aliphatic hydroxyl groups is 1. The Morgan fingerprint density at radius 1 is 1.03 bits per heavy atom. The lowest BCUT2D eigenvalue weighted by Gasteiger charge is -2.23. The minimum absolute atomic E-state index is 0.0947. The molecule has 0 fully saturated rings. The highest BCUT2D eigenvalue weighted by molar-refractivity contribution is 9.10. The van der Waals surface area contributed by atoms with Gasteiger partial charge in [0, 0.05) is 36.0 Å². The van der Waals surface area contributed by atoms with Crippen LogP contribution < -0.4 is 10.1 Å². The van der Waals surface area contributed by atoms with Crippen LogP contribution in [0.15, 0.2) is 88.3 Å². The zero-order chi connectivity index (χ0) is 24.5. The topological polar surface area (TPSA) is 80.2 Å². The highest BCUT2D eigenvalue weighted by Crippen LogP contribution is 2.27. The number of ether oxygens (including phenoxy) is 2. The van der Waals surface area contributed by atoms with E-state index in [1.807, 2.05) is 78.9 Å². The molecule has 3 aromatic carbocycles. The molecule has 0 saturated heterocycles. The number of amides is 1. The fraction of sp³-hybridized carbons (Fsp3) is 0.286. The van der Waals surface area contributed by atoms with Gasteiger partial charge in [-0.25, -0.2) is 4.99 Å². The number of hydrogen-bond donors (Lipinski definition) is 2. The lowest BCUT2D eigenvalue weighted by atomic mass is 9.91. The van der Waals surface area contributed by atoms with Crippen molar-refractivity contribution in [2.24, 2.45) is 4.99 Å². The molecule has 4 rings (SSSR count). The van der Waals surface area contributed by atoms with E-state index >= 15 is 0 Å². The van der Waals surface area contributed by atoms with Crippen molar-refractivity contribution in [1.82, 2.24) is 5.32 Å². The lowest BCUT2D eigenvalue weighted by molar-refractivity contribution is -0.126. The fourth-order valence-corrected chi connectivity index (χ4v) is 4.16. The minimum atomic E-state index is -1.04. The summed E-state index contributed by atoms with van der Waals surface area (Å²) in [5, 5.41) is 12.0. The van der Waals surface area contributed by atoms with Crippen LogP contribution in [0.3, 0.4) is 0 Å². The molecule has 0 aliphatic carbocycles. The molecule has 35 heavy (non-hydrogen) atoms. The van der Waals surface area contributed by atoms with Crippen LogP contribution in [0, 0.1) is 0 Å². The quantitative estimate of drug-likeness (QED) is 0.357. The molecule has 0 saturated carbocycles. The maximum Gasteiger partial charge on any atom is 0.251 e. The second-order valence-corrected chi connectivity index (χ2v) is 9.40. The van der Waals surface area contributed by atoms with Crippen molar-refractivity contribution in [3.05, 3.63) is 100 Å². The van der Waals surface area contributed by atoms with Crippen LogP contribution >= 0.6 is 15.9 Å². The zero-order valence-corrected chi connectivity index (χ0v) is 21.0. The van der Waals surface area contributed by atoms with Gasteiger partial charge in [-0.3, -0.25) is 4.79 Å². The summed E-state index contributed by atoms with van der Waals surface area (Å²) in [6.45, 7) is 1.24. The molecule has 0 bridgehead atoms. The molecular weight excluding hydrogens is 508 g/mol. The van der Waals surface area contributed by atoms with Crippen molar-refractivity contribution in [3.8, 4) is 5.75 Å². The van der Waals surface area contributed by atoms with E-state index in [2.05, 4.69) is 21.2 Å². The molecule has 2 N–H and O–H groups in total. The van der Waals surface area contributed by atoms with E-state index in [4.69, 9.17) is 19.6 Å². The van der Waals surface area contributed by atoms with Crippen LogP contribution in [-0.4, -0.2) is 48.8 Å². The molecule has 0 unspecified atom stereocenters. The number of benzene rings is 3. The van der Waals surface area contributed by atoms with Crippen molar-refractivity contribution in [2.45, 2.75) is 24.8 Å². The van der Waals surface area contributed by atoms with Crippen molar-refractivity contribution in [2.75, 3.05) is 26.4 Å². The first-order chi connectivity index (χ1) is 17.1. The molecular formula is C28H29BrN2O4. The van der Waals surface area contributed by atoms with Gasteiger partial charge < -0.3 is 19.9 Å². The van der Waals surface area contributed by atoms with Gasteiger partial charge >= 0.3 is 0 Å². The molecule has 182 valence electrons. The van der Waals surface area contributed by atoms with Crippen molar-refractivity contribution < 1.29 is 19.4 Å². The summed E-state index contributed by atoms with van der Waals surface area (Å²) in [5.41, 5.74) is 1.93. The van der Waals surface area contributed by atoms with E-state index in [-0.39, 0.29) is 19.1 Å². The first-order valence-electron chi connectivity index (χ1n) is 11.7. The van der Waals surface area contributed by atoms with E-state index in [9.17, 15) is 4.79 Å². The molecule has 7 heteroatoms. The third kappa shape index (κ3) is 6.71. The predicted octanol–water partition coefficient (Wildman–Crippen LogP) is 4.33. The number of carbonyl (C=O) groups excluding carboxylic acids is 1. The van der Waals surface area contributed by atoms with Gasteiger partial charge in [-0.05, 0) is 53.9 Å². The van der Waals surface area contributed by atoms with Crippen LogP contribution in [-0.2, 0) is 22.4 Å². The third-order valence-corrected chi connectivity index (χ3v) is 6.34. The van der Waals surface area contributed by atoms with E-state index in [0.29, 0.717) is 37.6 Å². The van der Waals surface area contributed by atoms with E-state index < -0.39 is 5.54 Å². The Morgan fingerprint density at radius 2 is 1.77 bits per heavy atom. The summed E-state index contributed by atoms with van der Waals surface area (Å²) < 4.78 is 12.6. The van der Waals surface area contributed by atoms with Crippen LogP contribution in [0.5, 0.6) is 5.75 Å². The fourth-order valence-electron chi connectivity index (χ4n) is 3.90. The SMILES string of the molecule is O=C(NCCc1ccc(Br)cc1)[C@@]1(Cc2ccccc2)COC(c2ccc(OCCCO)cc2)=N1. The second-order valence-electron chi connectivity index (χ2n) is 8.48. The van der Waals surface area contributed by atoms with Gasteiger partial charge in [-0.15, -0.1) is 0 Å². The van der Waals surface area contributed by atoms with Crippen LogP contribution in [0.1, 0.15) is 23.1 Å². The standard InChI is InChI=1S/C28H29BrN2O4/c29-24-11-7-21(8-12-24)15-16-30-27(33)28(19-22-5-2-1-3-6-22)20-35-26(31-28)23-9-13-25(14-10-23)34-18-4-17-32/h1-3,5-14,32H,4,15-20H2,(H,30,33)/t28-/m1/s1. The van der Waals surface area contributed by atoms with Crippen LogP contribution in [0.2, 0.25) is 0 Å². The Morgan fingerprint density at radius 3 is 2.49 bits per heavy atom. The zero-order valence-electron chi connectivity index (χ0n) is 19.5. The van der Waals surface area contributed by atoms with Gasteiger partial charge in [0.05, 0.1) is 6.61 Å². The number of nitrogens with zero attached hydrogens (tertiary/aromatic N) is 1. The molecule has 1 heterocycles. The molecule has 0 spiro atoms. The summed E-state index contributed by atoms with van der Waals surface area (Å²) in [5.74, 6) is 1.02. The van der Waals surface area contributed by atoms with Gasteiger partial charge in [0.1, 0.15) is 12.4 Å². The molecule has 0 radical (unpaired) electrons. The number of rotatable bonds is 11. The smallest absolute Gasteiger partial charge is 0.251 e. The number of hydrogen-bond acceptors (Lipinski definition) is 5. The van der Waals surface area contributed by atoms with Crippen molar-refractivity contribution >= 4 is 27.7 Å². The number of aliphatic imine (C=N–C) groups is 1. The summed E-state index contributed by atoms with van der Waals surface area (Å²) in [4.78, 5) is 18.3. The first kappa shape index (κ1) is 24.9. The van der Waals surface area contributed by atoms with Crippen molar-refractivity contribution in [3.63, 3.8) is 0 Å². The van der Waals surface area contributed by atoms with E-state index in [1.165, 1.54) is 0 Å². The Hall–Kier alpha value is -3.16. The van der Waals surface area contributed by atoms with Crippen LogP contribution in [0.25, 0.3) is 0 Å². The minimum Gasteiger partial charge on any atom is -0.494 e. The Kier molecular flexibility index (Phi) is 8.55. The highest BCUT2D eigenvalue weighted by atomic mass is 79.9. The maximum absolute atomic E-state index is 13.4. The molecule has 1 atom stereocenters. The first-order valence-corrected chi connectivity index (χ1v) is 12.5.